The van der Waals surface area contributed by atoms with Gasteiger partial charge < -0.3 is 15.5 Å². The number of thiophene rings is 1. The Balaban J connectivity index is 2.03. The van der Waals surface area contributed by atoms with E-state index < -0.39 is 6.04 Å². The molecule has 0 fully saturated rings. The topological polar surface area (TPSA) is 81.2 Å². The van der Waals surface area contributed by atoms with E-state index in [-0.39, 0.29) is 5.78 Å². The van der Waals surface area contributed by atoms with Crippen molar-refractivity contribution in [3.8, 4) is 0 Å². The van der Waals surface area contributed by atoms with Gasteiger partial charge in [0.05, 0.1) is 39.6 Å². The van der Waals surface area contributed by atoms with Gasteiger partial charge in [-0.3, -0.25) is 4.79 Å². The van der Waals surface area contributed by atoms with Crippen molar-refractivity contribution in [2.45, 2.75) is 26.4 Å². The maximum Gasteiger partial charge on any atom is 0.189 e. The molecule has 0 amide bonds. The highest BCUT2D eigenvalue weighted by Crippen LogP contribution is 2.37. The fourth-order valence-electron chi connectivity index (χ4n) is 2.31. The number of nitrogens with zero attached hydrogens (tertiary/aromatic N) is 1. The van der Waals surface area contributed by atoms with Gasteiger partial charge in [0.2, 0.25) is 0 Å². The molecule has 0 spiro atoms. The minimum Gasteiger partial charge on any atom is -0.467 e. The third-order valence-corrected chi connectivity index (χ3v) is 5.03. The molecule has 5 nitrogen and oxygen atoms in total. The summed E-state index contributed by atoms with van der Waals surface area (Å²) < 4.78 is 6.21. The van der Waals surface area contributed by atoms with Crippen molar-refractivity contribution in [2.24, 2.45) is 5.73 Å². The first kappa shape index (κ1) is 16.0. The van der Waals surface area contributed by atoms with E-state index in [0.717, 1.165) is 27.2 Å². The summed E-state index contributed by atoms with van der Waals surface area (Å²) in [4.78, 5) is 17.3. The second-order valence-corrected chi connectivity index (χ2v) is 6.72. The Morgan fingerprint density at radius 2 is 2.35 bits per heavy atom. The molecule has 3 aromatic heterocycles. The lowest BCUT2D eigenvalue weighted by Crippen LogP contribution is -2.26. The molecule has 0 aliphatic carbocycles. The summed E-state index contributed by atoms with van der Waals surface area (Å²) in [7, 11) is 0. The highest BCUT2D eigenvalue weighted by molar-refractivity contribution is 7.21. The fourth-order valence-corrected chi connectivity index (χ4v) is 3.78. The first-order valence-electron chi connectivity index (χ1n) is 7.13. The smallest absolute Gasteiger partial charge is 0.189 e. The van der Waals surface area contributed by atoms with Crippen molar-refractivity contribution in [2.75, 3.05) is 5.32 Å². The van der Waals surface area contributed by atoms with Crippen molar-refractivity contribution in [1.29, 1.82) is 0 Å². The zero-order chi connectivity index (χ0) is 16.6. The molecule has 1 atom stereocenters. The van der Waals surface area contributed by atoms with E-state index in [2.05, 4.69) is 10.3 Å². The van der Waals surface area contributed by atoms with Gasteiger partial charge in [-0.25, -0.2) is 4.98 Å². The summed E-state index contributed by atoms with van der Waals surface area (Å²) >= 11 is 7.52. The zero-order valence-corrected chi connectivity index (χ0v) is 14.3. The third-order valence-electron chi connectivity index (χ3n) is 3.51. The predicted molar refractivity (Wildman–Crippen MR) is 93.4 cm³/mol. The van der Waals surface area contributed by atoms with Crippen LogP contribution in [-0.4, -0.2) is 16.8 Å². The molecular weight excluding hydrogens is 334 g/mol. The second-order valence-electron chi connectivity index (χ2n) is 5.31. The molecule has 0 bridgehead atoms. The normalized spacial score (nSPS) is 12.5. The van der Waals surface area contributed by atoms with Crippen LogP contribution in [0.3, 0.4) is 0 Å². The van der Waals surface area contributed by atoms with Crippen LogP contribution in [0, 0.1) is 6.92 Å². The van der Waals surface area contributed by atoms with Gasteiger partial charge in [0.15, 0.2) is 5.78 Å². The molecule has 7 heteroatoms. The molecule has 0 radical (unpaired) electrons. The Morgan fingerprint density at radius 3 is 3.00 bits per heavy atom. The van der Waals surface area contributed by atoms with E-state index in [0.29, 0.717) is 16.6 Å². The van der Waals surface area contributed by atoms with Crippen LogP contribution in [0.5, 0.6) is 0 Å². The summed E-state index contributed by atoms with van der Waals surface area (Å²) in [5.41, 5.74) is 8.10. The van der Waals surface area contributed by atoms with Crippen LogP contribution in [0.1, 0.15) is 27.9 Å². The number of furan rings is 1. The van der Waals surface area contributed by atoms with Crippen molar-refractivity contribution in [1.82, 2.24) is 4.98 Å². The Kier molecular flexibility index (Phi) is 4.39. The summed E-state index contributed by atoms with van der Waals surface area (Å²) in [5, 5.41) is 3.66. The largest absolute Gasteiger partial charge is 0.467 e. The Labute approximate surface area is 142 Å². The summed E-state index contributed by atoms with van der Waals surface area (Å²) in [5.74, 6) is 0.727. The van der Waals surface area contributed by atoms with Gasteiger partial charge in [0, 0.05) is 6.07 Å². The quantitative estimate of drug-likeness (QED) is 0.537. The molecule has 0 unspecified atom stereocenters. The first-order chi connectivity index (χ1) is 11.0. The molecule has 0 aliphatic heterocycles. The summed E-state index contributed by atoms with van der Waals surface area (Å²) in [6, 6.07) is 4.93. The lowest BCUT2D eigenvalue weighted by atomic mass is 10.1. The van der Waals surface area contributed by atoms with Crippen LogP contribution in [0.2, 0.25) is 5.15 Å². The summed E-state index contributed by atoms with van der Waals surface area (Å²) in [6.45, 7) is 4.08. The number of nitrogens with two attached hydrogens (primary N) is 1. The van der Waals surface area contributed by atoms with E-state index in [4.69, 9.17) is 21.8 Å². The van der Waals surface area contributed by atoms with Crippen molar-refractivity contribution < 1.29 is 9.21 Å². The number of anilines is 1. The summed E-state index contributed by atoms with van der Waals surface area (Å²) in [6.07, 6.45) is 1.63. The molecule has 3 N–H and O–H groups in total. The minimum atomic E-state index is -0.545. The van der Waals surface area contributed by atoms with Gasteiger partial charge in [0.1, 0.15) is 10.9 Å². The molecule has 0 aromatic carbocycles. The maximum atomic E-state index is 12.3. The maximum absolute atomic E-state index is 12.3. The lowest BCUT2D eigenvalue weighted by molar-refractivity contribution is 0.0971. The van der Waals surface area contributed by atoms with Crippen molar-refractivity contribution in [3.05, 3.63) is 45.8 Å². The minimum absolute atomic E-state index is 0.0846. The molecule has 23 heavy (non-hydrogen) atoms. The second kappa shape index (κ2) is 6.31. The molecular formula is C16H16ClN3O2S. The van der Waals surface area contributed by atoms with Crippen LogP contribution >= 0.6 is 22.9 Å². The number of halogens is 1. The van der Waals surface area contributed by atoms with Crippen LogP contribution in [-0.2, 0) is 6.54 Å². The van der Waals surface area contributed by atoms with Gasteiger partial charge in [-0.15, -0.1) is 11.3 Å². The molecule has 0 saturated heterocycles. The van der Waals surface area contributed by atoms with Gasteiger partial charge in [-0.2, -0.15) is 0 Å². The zero-order valence-electron chi connectivity index (χ0n) is 12.7. The first-order valence-corrected chi connectivity index (χ1v) is 8.32. The number of fused-ring (bicyclic) bond motifs is 1. The van der Waals surface area contributed by atoms with Crippen molar-refractivity contribution in [3.63, 3.8) is 0 Å². The standard InChI is InChI=1S/C16H16ClN3O2S/c1-8-13-16(23-15(8)14(21)9(2)18)11(6-12(17)20-13)19-7-10-4-3-5-22-10/h3-6,9H,7,18H2,1-2H3,(H,19,20)/t9-/m0/s1. The highest BCUT2D eigenvalue weighted by atomic mass is 35.5. The van der Waals surface area contributed by atoms with Gasteiger partial charge in [0.25, 0.3) is 0 Å². The molecule has 0 saturated carbocycles. The van der Waals surface area contributed by atoms with Crippen LogP contribution in [0.15, 0.2) is 28.9 Å². The van der Waals surface area contributed by atoms with Gasteiger partial charge in [-0.1, -0.05) is 11.6 Å². The Bertz CT molecular complexity index is 856. The van der Waals surface area contributed by atoms with E-state index in [1.165, 1.54) is 11.3 Å². The van der Waals surface area contributed by atoms with E-state index in [1.807, 2.05) is 19.1 Å². The number of rotatable bonds is 5. The molecule has 3 heterocycles. The molecule has 3 rings (SSSR count). The number of nitrogens with one attached hydrogen (secondary N) is 1. The predicted octanol–water partition coefficient (Wildman–Crippen LogP) is 3.99. The van der Waals surface area contributed by atoms with E-state index in [1.54, 1.807) is 19.3 Å². The number of hydrogen-bond acceptors (Lipinski definition) is 6. The number of ketones is 1. The van der Waals surface area contributed by atoms with Crippen LogP contribution in [0.25, 0.3) is 10.2 Å². The van der Waals surface area contributed by atoms with Crippen LogP contribution in [0.4, 0.5) is 5.69 Å². The van der Waals surface area contributed by atoms with Gasteiger partial charge >= 0.3 is 0 Å². The SMILES string of the molecule is Cc1c(C(=O)[C@H](C)N)sc2c(NCc3ccco3)cc(Cl)nc12. The third kappa shape index (κ3) is 3.10. The Hall–Kier alpha value is -1.89. The Morgan fingerprint density at radius 1 is 1.57 bits per heavy atom. The average Bonchev–Trinajstić information content (AvgIpc) is 3.13. The van der Waals surface area contributed by atoms with Crippen molar-refractivity contribution >= 4 is 44.6 Å². The highest BCUT2D eigenvalue weighted by Gasteiger charge is 2.21. The number of hydrogen-bond donors (Lipinski definition) is 2. The average molecular weight is 350 g/mol. The van der Waals surface area contributed by atoms with E-state index >= 15 is 0 Å². The number of aromatic nitrogens is 1. The molecule has 3 aromatic rings. The van der Waals surface area contributed by atoms with Gasteiger partial charge in [-0.05, 0) is 31.5 Å². The molecule has 120 valence electrons. The molecule has 0 aliphatic rings. The van der Waals surface area contributed by atoms with Crippen LogP contribution < -0.4 is 11.1 Å². The van der Waals surface area contributed by atoms with E-state index in [9.17, 15) is 4.79 Å². The number of aryl methyl sites for hydroxylation is 1. The number of carbonyl (C=O) groups is 1. The number of pyridine rings is 1. The number of carbonyl (C=O) groups excluding carboxylic acids is 1. The lowest BCUT2D eigenvalue weighted by Gasteiger charge is -2.06. The number of Topliss-reactive ketones (excluding diaryl/α,β-unsaturated/α-hetero) is 1. The fraction of sp³-hybridized carbons (Fsp3) is 0.250. The monoisotopic (exact) mass is 349 g/mol.